The van der Waals surface area contributed by atoms with Gasteiger partial charge in [0.05, 0.1) is 24.5 Å². The van der Waals surface area contributed by atoms with Crippen molar-refractivity contribution in [3.8, 4) is 11.4 Å². The molecule has 2 aromatic heterocycles. The van der Waals surface area contributed by atoms with E-state index < -0.39 is 0 Å². The summed E-state index contributed by atoms with van der Waals surface area (Å²) in [4.78, 5) is 19.6. The molecule has 1 aliphatic rings. The molecule has 1 aliphatic heterocycles. The number of nitrogens with zero attached hydrogens (tertiary/aromatic N) is 4. The molecule has 1 aromatic carbocycles. The van der Waals surface area contributed by atoms with Crippen molar-refractivity contribution < 1.29 is 9.53 Å². The highest BCUT2D eigenvalue weighted by molar-refractivity contribution is 5.95. The Bertz CT molecular complexity index is 949. The minimum absolute atomic E-state index is 0. The van der Waals surface area contributed by atoms with Gasteiger partial charge in [-0.05, 0) is 30.2 Å². The lowest BCUT2D eigenvalue weighted by Crippen LogP contribution is -2.48. The van der Waals surface area contributed by atoms with Gasteiger partial charge in [0, 0.05) is 32.0 Å². The maximum absolute atomic E-state index is 13.5. The van der Waals surface area contributed by atoms with Crippen LogP contribution in [0.1, 0.15) is 35.4 Å². The van der Waals surface area contributed by atoms with Crippen LogP contribution in [0.2, 0.25) is 0 Å². The smallest absolute Gasteiger partial charge is 0.278 e. The van der Waals surface area contributed by atoms with Crippen molar-refractivity contribution in [2.45, 2.75) is 19.4 Å². The Labute approximate surface area is 182 Å². The van der Waals surface area contributed by atoms with E-state index in [0.29, 0.717) is 31.1 Å². The Kier molecular flexibility index (Phi) is 7.43. The first kappa shape index (κ1) is 21.8. The Balaban J connectivity index is 0.00000256. The van der Waals surface area contributed by atoms with Crippen molar-refractivity contribution in [1.29, 1.82) is 0 Å². The maximum Gasteiger partial charge on any atom is 0.278 e. The van der Waals surface area contributed by atoms with Crippen molar-refractivity contribution in [1.82, 2.24) is 25.0 Å². The standard InChI is InChI=1S/C22H25N5O2.ClH/c1-2-13-29-20-16-27(18-8-4-3-5-9-18)25-21(20)22(28)26-12-11-24-15-19(26)17-7-6-10-23-14-17;/h3-10,14,16,19,24H,2,11-13,15H2,1H3;1H. The van der Waals surface area contributed by atoms with Crippen molar-refractivity contribution in [2.24, 2.45) is 0 Å². The van der Waals surface area contributed by atoms with Gasteiger partial charge < -0.3 is 15.0 Å². The number of para-hydroxylation sites is 1. The highest BCUT2D eigenvalue weighted by Gasteiger charge is 2.32. The summed E-state index contributed by atoms with van der Waals surface area (Å²) in [5.41, 5.74) is 2.24. The van der Waals surface area contributed by atoms with Crippen LogP contribution < -0.4 is 10.1 Å². The number of rotatable bonds is 6. The molecule has 0 saturated carbocycles. The molecule has 4 rings (SSSR count). The Morgan fingerprint density at radius 2 is 2.07 bits per heavy atom. The lowest BCUT2D eigenvalue weighted by Gasteiger charge is -2.36. The van der Waals surface area contributed by atoms with E-state index in [1.54, 1.807) is 17.1 Å². The van der Waals surface area contributed by atoms with Crippen LogP contribution in [0.4, 0.5) is 0 Å². The average molecular weight is 428 g/mol. The van der Waals surface area contributed by atoms with Gasteiger partial charge in [0.15, 0.2) is 11.4 Å². The Morgan fingerprint density at radius 3 is 2.80 bits per heavy atom. The second-order valence-corrected chi connectivity index (χ2v) is 6.98. The summed E-state index contributed by atoms with van der Waals surface area (Å²) < 4.78 is 7.59. The summed E-state index contributed by atoms with van der Waals surface area (Å²) in [6.45, 7) is 4.60. The average Bonchev–Trinajstić information content (AvgIpc) is 3.22. The van der Waals surface area contributed by atoms with Gasteiger partial charge in [0.2, 0.25) is 0 Å². The number of benzene rings is 1. The predicted molar refractivity (Wildman–Crippen MR) is 117 cm³/mol. The number of carbonyl (C=O) groups excluding carboxylic acids is 1. The number of hydrogen-bond donors (Lipinski definition) is 1. The molecular formula is C22H26ClN5O2. The first-order valence-electron chi connectivity index (χ1n) is 9.97. The Morgan fingerprint density at radius 1 is 1.23 bits per heavy atom. The molecule has 30 heavy (non-hydrogen) atoms. The molecule has 1 fully saturated rings. The predicted octanol–water partition coefficient (Wildman–Crippen LogP) is 3.26. The third kappa shape index (κ3) is 4.63. The number of halogens is 1. The summed E-state index contributed by atoms with van der Waals surface area (Å²) in [6.07, 6.45) is 6.20. The number of hydrogen-bond acceptors (Lipinski definition) is 5. The first-order chi connectivity index (χ1) is 14.3. The normalized spacial score (nSPS) is 16.0. The molecule has 7 nitrogen and oxygen atoms in total. The van der Waals surface area contributed by atoms with Gasteiger partial charge in [-0.15, -0.1) is 12.4 Å². The number of piperazine rings is 1. The monoisotopic (exact) mass is 427 g/mol. The number of amides is 1. The van der Waals surface area contributed by atoms with E-state index in [1.165, 1.54) is 0 Å². The molecule has 8 heteroatoms. The fraction of sp³-hybridized carbons (Fsp3) is 0.318. The molecule has 3 aromatic rings. The molecule has 0 aliphatic carbocycles. The minimum atomic E-state index is -0.124. The van der Waals surface area contributed by atoms with Crippen LogP contribution in [-0.2, 0) is 0 Å². The fourth-order valence-corrected chi connectivity index (χ4v) is 3.49. The molecule has 1 atom stereocenters. The van der Waals surface area contributed by atoms with Crippen LogP contribution >= 0.6 is 12.4 Å². The lowest BCUT2D eigenvalue weighted by atomic mass is 10.0. The zero-order valence-corrected chi connectivity index (χ0v) is 17.7. The molecular weight excluding hydrogens is 402 g/mol. The molecule has 0 spiro atoms. The fourth-order valence-electron chi connectivity index (χ4n) is 3.49. The van der Waals surface area contributed by atoms with E-state index in [0.717, 1.165) is 24.2 Å². The van der Waals surface area contributed by atoms with Crippen molar-refractivity contribution in [3.63, 3.8) is 0 Å². The van der Waals surface area contributed by atoms with Crippen LogP contribution in [-0.4, -0.2) is 51.8 Å². The van der Waals surface area contributed by atoms with Gasteiger partial charge >= 0.3 is 0 Å². The largest absolute Gasteiger partial charge is 0.489 e. The van der Waals surface area contributed by atoms with Crippen molar-refractivity contribution in [3.05, 3.63) is 72.3 Å². The molecule has 1 amide bonds. The lowest BCUT2D eigenvalue weighted by molar-refractivity contribution is 0.0623. The minimum Gasteiger partial charge on any atom is -0.489 e. The first-order valence-corrected chi connectivity index (χ1v) is 9.97. The number of aromatic nitrogens is 3. The third-order valence-corrected chi connectivity index (χ3v) is 4.94. The second kappa shape index (κ2) is 10.2. The second-order valence-electron chi connectivity index (χ2n) is 6.98. The van der Waals surface area contributed by atoms with E-state index in [9.17, 15) is 4.79 Å². The number of ether oxygens (including phenoxy) is 1. The van der Waals surface area contributed by atoms with Crippen LogP contribution in [0.5, 0.6) is 5.75 Å². The highest BCUT2D eigenvalue weighted by Crippen LogP contribution is 2.27. The SMILES string of the molecule is CCCOc1cn(-c2ccccc2)nc1C(=O)N1CCNCC1c1cccnc1.Cl. The number of nitrogens with one attached hydrogen (secondary N) is 1. The van der Waals surface area contributed by atoms with Crippen LogP contribution in [0, 0.1) is 0 Å². The summed E-state index contributed by atoms with van der Waals surface area (Å²) >= 11 is 0. The highest BCUT2D eigenvalue weighted by atomic mass is 35.5. The molecule has 3 heterocycles. The molecule has 0 bridgehead atoms. The summed E-state index contributed by atoms with van der Waals surface area (Å²) in [5, 5.41) is 7.97. The maximum atomic E-state index is 13.5. The van der Waals surface area contributed by atoms with E-state index >= 15 is 0 Å². The zero-order valence-electron chi connectivity index (χ0n) is 16.9. The molecule has 1 unspecified atom stereocenters. The van der Waals surface area contributed by atoms with E-state index in [2.05, 4.69) is 15.4 Å². The Hall–Kier alpha value is -2.90. The summed E-state index contributed by atoms with van der Waals surface area (Å²) in [5.74, 6) is 0.394. The van der Waals surface area contributed by atoms with Gasteiger partial charge in [-0.2, -0.15) is 5.10 Å². The van der Waals surface area contributed by atoms with Gasteiger partial charge in [0.25, 0.3) is 5.91 Å². The van der Waals surface area contributed by atoms with Crippen molar-refractivity contribution >= 4 is 18.3 Å². The quantitative estimate of drug-likeness (QED) is 0.653. The van der Waals surface area contributed by atoms with E-state index in [-0.39, 0.29) is 24.4 Å². The summed E-state index contributed by atoms with van der Waals surface area (Å²) in [7, 11) is 0. The van der Waals surface area contributed by atoms with E-state index in [1.807, 2.05) is 60.5 Å². The summed E-state index contributed by atoms with van der Waals surface area (Å²) in [6, 6.07) is 13.6. The van der Waals surface area contributed by atoms with Gasteiger partial charge in [0.1, 0.15) is 0 Å². The van der Waals surface area contributed by atoms with E-state index in [4.69, 9.17) is 4.74 Å². The number of carbonyl (C=O) groups is 1. The van der Waals surface area contributed by atoms with Crippen LogP contribution in [0.3, 0.4) is 0 Å². The van der Waals surface area contributed by atoms with Crippen molar-refractivity contribution in [2.75, 3.05) is 26.2 Å². The molecule has 1 N–H and O–H groups in total. The van der Waals surface area contributed by atoms with Gasteiger partial charge in [-0.25, -0.2) is 4.68 Å². The number of pyridine rings is 1. The molecule has 158 valence electrons. The van der Waals surface area contributed by atoms with Crippen LogP contribution in [0.15, 0.2) is 61.1 Å². The zero-order chi connectivity index (χ0) is 20.1. The molecule has 1 saturated heterocycles. The third-order valence-electron chi connectivity index (χ3n) is 4.94. The van der Waals surface area contributed by atoms with Gasteiger partial charge in [-0.3, -0.25) is 9.78 Å². The molecule has 0 radical (unpaired) electrons. The van der Waals surface area contributed by atoms with Crippen LogP contribution in [0.25, 0.3) is 5.69 Å². The topological polar surface area (TPSA) is 72.3 Å². The van der Waals surface area contributed by atoms with Gasteiger partial charge in [-0.1, -0.05) is 31.2 Å².